The Morgan fingerprint density at radius 1 is 1.24 bits per heavy atom. The third-order valence-corrected chi connectivity index (χ3v) is 4.65. The molecule has 2 fully saturated rings. The SMILES string of the molecule is O=[N+]([O-])c1ccc(N2CC3CNCC3C2)c2cccnc12. The molecule has 4 rings (SSSR count). The first kappa shape index (κ1) is 12.5. The zero-order chi connectivity index (χ0) is 14.4. The average molecular weight is 284 g/mol. The van der Waals surface area contributed by atoms with Crippen molar-refractivity contribution in [3.63, 3.8) is 0 Å². The summed E-state index contributed by atoms with van der Waals surface area (Å²) < 4.78 is 0. The summed E-state index contributed by atoms with van der Waals surface area (Å²) in [6, 6.07) is 7.22. The Balaban J connectivity index is 1.80. The number of anilines is 1. The summed E-state index contributed by atoms with van der Waals surface area (Å²) in [5, 5.41) is 15.5. The Bertz CT molecular complexity index is 706. The summed E-state index contributed by atoms with van der Waals surface area (Å²) in [7, 11) is 0. The van der Waals surface area contributed by atoms with Gasteiger partial charge in [-0.1, -0.05) is 0 Å². The fourth-order valence-corrected chi connectivity index (χ4v) is 3.62. The van der Waals surface area contributed by atoms with Gasteiger partial charge < -0.3 is 10.2 Å². The van der Waals surface area contributed by atoms with Crippen molar-refractivity contribution in [3.05, 3.63) is 40.6 Å². The number of nitrogens with one attached hydrogen (secondary N) is 1. The largest absolute Gasteiger partial charge is 0.370 e. The van der Waals surface area contributed by atoms with Gasteiger partial charge >= 0.3 is 0 Å². The van der Waals surface area contributed by atoms with Crippen LogP contribution in [0.3, 0.4) is 0 Å². The van der Waals surface area contributed by atoms with Crippen molar-refractivity contribution in [1.29, 1.82) is 0 Å². The summed E-state index contributed by atoms with van der Waals surface area (Å²) in [5.74, 6) is 1.37. The van der Waals surface area contributed by atoms with Crippen LogP contribution in [0.2, 0.25) is 0 Å². The smallest absolute Gasteiger partial charge is 0.295 e. The van der Waals surface area contributed by atoms with Crippen molar-refractivity contribution >= 4 is 22.3 Å². The highest BCUT2D eigenvalue weighted by Gasteiger charge is 2.36. The minimum absolute atomic E-state index is 0.0791. The predicted octanol–water partition coefficient (Wildman–Crippen LogP) is 1.80. The number of fused-ring (bicyclic) bond motifs is 2. The third kappa shape index (κ3) is 1.94. The number of nitrogens with zero attached hydrogens (tertiary/aromatic N) is 3. The second-order valence-electron chi connectivity index (χ2n) is 5.84. The second kappa shape index (κ2) is 4.66. The molecule has 1 N–H and O–H groups in total. The number of hydrogen-bond donors (Lipinski definition) is 1. The Morgan fingerprint density at radius 3 is 2.71 bits per heavy atom. The van der Waals surface area contributed by atoms with Crippen molar-refractivity contribution in [2.24, 2.45) is 11.8 Å². The van der Waals surface area contributed by atoms with Crippen molar-refractivity contribution in [2.45, 2.75) is 0 Å². The van der Waals surface area contributed by atoms with Crippen LogP contribution in [0.5, 0.6) is 0 Å². The molecule has 0 spiro atoms. The molecule has 0 bridgehead atoms. The first-order valence-corrected chi connectivity index (χ1v) is 7.22. The molecule has 2 aliphatic heterocycles. The number of nitro groups is 1. The molecular weight excluding hydrogens is 268 g/mol. The Hall–Kier alpha value is -2.21. The van der Waals surface area contributed by atoms with Gasteiger partial charge in [-0.3, -0.25) is 10.1 Å². The number of benzene rings is 1. The number of nitro benzene ring substituents is 1. The summed E-state index contributed by atoms with van der Waals surface area (Å²) >= 11 is 0. The molecule has 2 atom stereocenters. The summed E-state index contributed by atoms with van der Waals surface area (Å²) in [6.07, 6.45) is 1.61. The summed E-state index contributed by atoms with van der Waals surface area (Å²) in [5.41, 5.74) is 1.63. The van der Waals surface area contributed by atoms with E-state index in [4.69, 9.17) is 0 Å². The topological polar surface area (TPSA) is 71.3 Å². The molecule has 0 amide bonds. The molecule has 108 valence electrons. The van der Waals surface area contributed by atoms with E-state index in [1.54, 1.807) is 12.3 Å². The van der Waals surface area contributed by atoms with Crippen LogP contribution >= 0.6 is 0 Å². The predicted molar refractivity (Wildman–Crippen MR) is 80.5 cm³/mol. The van der Waals surface area contributed by atoms with Gasteiger partial charge in [0.15, 0.2) is 0 Å². The maximum absolute atomic E-state index is 11.2. The highest BCUT2D eigenvalue weighted by atomic mass is 16.6. The molecule has 0 aliphatic carbocycles. The normalized spacial score (nSPS) is 24.5. The fourth-order valence-electron chi connectivity index (χ4n) is 3.62. The zero-order valence-electron chi connectivity index (χ0n) is 11.5. The van der Waals surface area contributed by atoms with Crippen LogP contribution in [-0.2, 0) is 0 Å². The van der Waals surface area contributed by atoms with Crippen LogP contribution < -0.4 is 10.2 Å². The van der Waals surface area contributed by atoms with Crippen LogP contribution in [0, 0.1) is 22.0 Å². The molecule has 1 aromatic carbocycles. The molecule has 6 nitrogen and oxygen atoms in total. The van der Waals surface area contributed by atoms with Gasteiger partial charge in [-0.15, -0.1) is 0 Å². The van der Waals surface area contributed by atoms with E-state index in [1.165, 1.54) is 0 Å². The van der Waals surface area contributed by atoms with E-state index in [9.17, 15) is 10.1 Å². The number of non-ortho nitro benzene ring substituents is 1. The van der Waals surface area contributed by atoms with Crippen LogP contribution in [0.25, 0.3) is 10.9 Å². The van der Waals surface area contributed by atoms with Crippen LogP contribution in [0.1, 0.15) is 0 Å². The highest BCUT2D eigenvalue weighted by Crippen LogP contribution is 2.36. The van der Waals surface area contributed by atoms with E-state index < -0.39 is 0 Å². The number of hydrogen-bond acceptors (Lipinski definition) is 5. The van der Waals surface area contributed by atoms with Gasteiger partial charge in [0.05, 0.1) is 4.92 Å². The summed E-state index contributed by atoms with van der Waals surface area (Å²) in [4.78, 5) is 17.4. The number of pyridine rings is 1. The lowest BCUT2D eigenvalue weighted by Gasteiger charge is -2.21. The van der Waals surface area contributed by atoms with Crippen LogP contribution in [0.4, 0.5) is 11.4 Å². The molecular formula is C15H16N4O2. The third-order valence-electron chi connectivity index (χ3n) is 4.65. The van der Waals surface area contributed by atoms with E-state index in [-0.39, 0.29) is 10.6 Å². The second-order valence-corrected chi connectivity index (χ2v) is 5.84. The highest BCUT2D eigenvalue weighted by molar-refractivity contribution is 5.97. The first-order chi connectivity index (χ1) is 10.2. The molecule has 3 heterocycles. The molecule has 2 saturated heterocycles. The van der Waals surface area contributed by atoms with Crippen molar-refractivity contribution < 1.29 is 4.92 Å². The van der Waals surface area contributed by atoms with E-state index in [1.807, 2.05) is 18.2 Å². The minimum Gasteiger partial charge on any atom is -0.370 e. The lowest BCUT2D eigenvalue weighted by atomic mass is 10.0. The lowest BCUT2D eigenvalue weighted by Crippen LogP contribution is -2.25. The van der Waals surface area contributed by atoms with Gasteiger partial charge in [0, 0.05) is 49.5 Å². The van der Waals surface area contributed by atoms with E-state index in [2.05, 4.69) is 15.2 Å². The molecule has 1 aromatic heterocycles. The zero-order valence-corrected chi connectivity index (χ0v) is 11.5. The molecule has 21 heavy (non-hydrogen) atoms. The van der Waals surface area contributed by atoms with E-state index in [0.717, 1.165) is 37.3 Å². The Kier molecular flexibility index (Phi) is 2.78. The van der Waals surface area contributed by atoms with Gasteiger partial charge in [-0.05, 0) is 30.0 Å². The molecule has 2 aliphatic rings. The van der Waals surface area contributed by atoms with Crippen LogP contribution in [0.15, 0.2) is 30.5 Å². The minimum atomic E-state index is -0.359. The van der Waals surface area contributed by atoms with Gasteiger partial charge in [0.25, 0.3) is 5.69 Å². The maximum atomic E-state index is 11.2. The van der Waals surface area contributed by atoms with Crippen LogP contribution in [-0.4, -0.2) is 36.1 Å². The van der Waals surface area contributed by atoms with Crippen molar-refractivity contribution in [1.82, 2.24) is 10.3 Å². The van der Waals surface area contributed by atoms with Crippen molar-refractivity contribution in [2.75, 3.05) is 31.1 Å². The van der Waals surface area contributed by atoms with Gasteiger partial charge in [-0.25, -0.2) is 4.98 Å². The lowest BCUT2D eigenvalue weighted by molar-refractivity contribution is -0.383. The number of aromatic nitrogens is 1. The molecule has 2 aromatic rings. The standard InChI is InChI=1S/C15H16N4O2/c20-19(21)14-4-3-13(12-2-1-5-17-15(12)14)18-8-10-6-16-7-11(10)9-18/h1-5,10-11,16H,6-9H2. The van der Waals surface area contributed by atoms with Gasteiger partial charge in [0.2, 0.25) is 0 Å². The van der Waals surface area contributed by atoms with Gasteiger partial charge in [-0.2, -0.15) is 0 Å². The van der Waals surface area contributed by atoms with Gasteiger partial charge in [0.1, 0.15) is 5.52 Å². The summed E-state index contributed by atoms with van der Waals surface area (Å²) in [6.45, 7) is 4.17. The fraction of sp³-hybridized carbons (Fsp3) is 0.400. The Morgan fingerprint density at radius 2 is 2.00 bits per heavy atom. The van der Waals surface area contributed by atoms with E-state index in [0.29, 0.717) is 17.4 Å². The monoisotopic (exact) mass is 284 g/mol. The maximum Gasteiger partial charge on any atom is 0.295 e. The number of rotatable bonds is 2. The molecule has 2 unspecified atom stereocenters. The van der Waals surface area contributed by atoms with E-state index >= 15 is 0 Å². The molecule has 0 saturated carbocycles. The quantitative estimate of drug-likeness (QED) is 0.672. The Labute approximate surface area is 121 Å². The average Bonchev–Trinajstić information content (AvgIpc) is 3.07. The van der Waals surface area contributed by atoms with Crippen molar-refractivity contribution in [3.8, 4) is 0 Å². The molecule has 0 radical (unpaired) electrons. The molecule has 6 heteroatoms. The first-order valence-electron chi connectivity index (χ1n) is 7.22.